The van der Waals surface area contributed by atoms with E-state index in [9.17, 15) is 4.79 Å². The molecule has 0 aliphatic rings. The number of nitrogens with one attached hydrogen (secondary N) is 1. The van der Waals surface area contributed by atoms with E-state index in [0.29, 0.717) is 23.3 Å². The largest absolute Gasteiger partial charge is 0.323 e. The first kappa shape index (κ1) is 11.8. The van der Waals surface area contributed by atoms with Crippen molar-refractivity contribution in [2.75, 3.05) is 0 Å². The fraction of sp³-hybridized carbons (Fsp3) is 0.0625. The van der Waals surface area contributed by atoms with Gasteiger partial charge < -0.3 is 9.55 Å². The summed E-state index contributed by atoms with van der Waals surface area (Å²) in [5.74, 6) is 0.627. The first-order valence-electron chi connectivity index (χ1n) is 6.69. The second-order valence-corrected chi connectivity index (χ2v) is 4.89. The summed E-state index contributed by atoms with van der Waals surface area (Å²) in [7, 11) is 0. The molecule has 2 aromatic heterocycles. The third-order valence-corrected chi connectivity index (χ3v) is 3.51. The highest BCUT2D eigenvalue weighted by molar-refractivity contribution is 5.77. The summed E-state index contributed by atoms with van der Waals surface area (Å²) in [6, 6.07) is 15.2. The Kier molecular flexibility index (Phi) is 2.57. The number of rotatable bonds is 2. The molecule has 21 heavy (non-hydrogen) atoms. The number of hydrogen-bond donors (Lipinski definition) is 1. The van der Waals surface area contributed by atoms with Gasteiger partial charge in [0, 0.05) is 0 Å². The van der Waals surface area contributed by atoms with Crippen LogP contribution in [-0.4, -0.2) is 19.5 Å². The number of hydrogen-bond acceptors (Lipinski definition) is 3. The van der Waals surface area contributed by atoms with E-state index < -0.39 is 0 Å². The van der Waals surface area contributed by atoms with E-state index in [1.165, 1.54) is 0 Å². The maximum atomic E-state index is 12.1. The van der Waals surface area contributed by atoms with Crippen LogP contribution in [0.3, 0.4) is 0 Å². The number of imidazole rings is 1. The molecule has 0 atom stereocenters. The fourth-order valence-corrected chi connectivity index (χ4v) is 2.51. The molecule has 0 fully saturated rings. The first-order valence-corrected chi connectivity index (χ1v) is 6.69. The van der Waals surface area contributed by atoms with Crippen LogP contribution in [0.15, 0.2) is 59.7 Å². The lowest BCUT2D eigenvalue weighted by Gasteiger charge is -2.05. The van der Waals surface area contributed by atoms with Crippen LogP contribution in [0.1, 0.15) is 5.82 Å². The molecule has 2 heterocycles. The number of nitrogens with zero attached hydrogens (tertiary/aromatic N) is 3. The Morgan fingerprint density at radius 1 is 1.00 bits per heavy atom. The van der Waals surface area contributed by atoms with E-state index in [4.69, 9.17) is 0 Å². The average molecular weight is 276 g/mol. The van der Waals surface area contributed by atoms with Gasteiger partial charge in [0.25, 0.3) is 5.56 Å². The van der Waals surface area contributed by atoms with E-state index in [2.05, 4.69) is 15.0 Å². The molecule has 2 aromatic carbocycles. The van der Waals surface area contributed by atoms with Crippen LogP contribution < -0.4 is 5.56 Å². The van der Waals surface area contributed by atoms with Gasteiger partial charge in [0.15, 0.2) is 0 Å². The Labute approximate surface area is 119 Å². The molecule has 4 aromatic rings. The summed E-state index contributed by atoms with van der Waals surface area (Å²) in [6.45, 7) is 0.487. The normalized spacial score (nSPS) is 11.2. The molecule has 0 bridgehead atoms. The molecule has 5 heteroatoms. The minimum absolute atomic E-state index is 0.111. The van der Waals surface area contributed by atoms with Gasteiger partial charge in [-0.1, -0.05) is 24.3 Å². The minimum atomic E-state index is -0.111. The Morgan fingerprint density at radius 2 is 1.76 bits per heavy atom. The summed E-state index contributed by atoms with van der Waals surface area (Å²) >= 11 is 0. The monoisotopic (exact) mass is 276 g/mol. The number of fused-ring (bicyclic) bond motifs is 2. The van der Waals surface area contributed by atoms with Gasteiger partial charge in [0.2, 0.25) is 0 Å². The lowest BCUT2D eigenvalue weighted by Crippen LogP contribution is -2.14. The third-order valence-electron chi connectivity index (χ3n) is 3.51. The molecule has 0 aliphatic carbocycles. The van der Waals surface area contributed by atoms with Crippen LogP contribution >= 0.6 is 0 Å². The smallest absolute Gasteiger partial charge is 0.258 e. The Balaban J connectivity index is 1.82. The van der Waals surface area contributed by atoms with Crippen molar-refractivity contribution in [2.45, 2.75) is 6.54 Å². The highest BCUT2D eigenvalue weighted by Gasteiger charge is 2.06. The summed E-state index contributed by atoms with van der Waals surface area (Å²) in [6.07, 6.45) is 1.76. The van der Waals surface area contributed by atoms with Crippen molar-refractivity contribution in [2.24, 2.45) is 0 Å². The van der Waals surface area contributed by atoms with E-state index in [0.717, 1.165) is 11.0 Å². The Morgan fingerprint density at radius 3 is 2.67 bits per heavy atom. The fourth-order valence-electron chi connectivity index (χ4n) is 2.51. The summed E-state index contributed by atoms with van der Waals surface area (Å²) < 4.78 is 1.97. The van der Waals surface area contributed by atoms with Gasteiger partial charge in [-0.05, 0) is 24.3 Å². The Hall–Kier alpha value is -2.95. The second-order valence-electron chi connectivity index (χ2n) is 4.89. The van der Waals surface area contributed by atoms with E-state index >= 15 is 0 Å². The van der Waals surface area contributed by atoms with Crippen LogP contribution in [0, 0.1) is 0 Å². The van der Waals surface area contributed by atoms with Gasteiger partial charge in [0.1, 0.15) is 5.82 Å². The lowest BCUT2D eigenvalue weighted by molar-refractivity contribution is 0.765. The molecule has 0 spiro atoms. The Bertz CT molecular complexity index is 1000. The van der Waals surface area contributed by atoms with Crippen LogP contribution in [0.4, 0.5) is 0 Å². The van der Waals surface area contributed by atoms with Crippen molar-refractivity contribution >= 4 is 21.9 Å². The van der Waals surface area contributed by atoms with Gasteiger partial charge in [-0.15, -0.1) is 0 Å². The molecule has 102 valence electrons. The zero-order chi connectivity index (χ0) is 14.2. The molecule has 0 aliphatic heterocycles. The number of H-pyrrole nitrogens is 1. The second kappa shape index (κ2) is 4.56. The SMILES string of the molecule is O=c1[nH]c(Cn2cnc3ccccc32)nc2ccccc12. The molecule has 0 saturated carbocycles. The third kappa shape index (κ3) is 1.99. The number of aromatic amines is 1. The number of benzene rings is 2. The number of aromatic nitrogens is 4. The van der Waals surface area contributed by atoms with Crippen molar-refractivity contribution in [3.8, 4) is 0 Å². The van der Waals surface area contributed by atoms with Gasteiger partial charge >= 0.3 is 0 Å². The molecule has 0 amide bonds. The molecule has 4 rings (SSSR count). The van der Waals surface area contributed by atoms with Gasteiger partial charge in [-0.3, -0.25) is 4.79 Å². The highest BCUT2D eigenvalue weighted by atomic mass is 16.1. The van der Waals surface area contributed by atoms with Crippen molar-refractivity contribution in [3.05, 3.63) is 71.0 Å². The van der Waals surface area contributed by atoms with E-state index in [1.807, 2.05) is 47.0 Å². The topological polar surface area (TPSA) is 63.6 Å². The molecule has 0 unspecified atom stereocenters. The minimum Gasteiger partial charge on any atom is -0.323 e. The molecule has 0 saturated heterocycles. The maximum Gasteiger partial charge on any atom is 0.258 e. The van der Waals surface area contributed by atoms with Gasteiger partial charge in [0.05, 0.1) is 34.8 Å². The lowest BCUT2D eigenvalue weighted by atomic mass is 10.2. The van der Waals surface area contributed by atoms with Gasteiger partial charge in [-0.2, -0.15) is 0 Å². The highest BCUT2D eigenvalue weighted by Crippen LogP contribution is 2.13. The first-order chi connectivity index (χ1) is 10.3. The standard InChI is InChI=1S/C16H12N4O/c21-16-11-5-1-2-6-12(11)18-15(19-16)9-20-10-17-13-7-3-4-8-14(13)20/h1-8,10H,9H2,(H,18,19,21). The van der Waals surface area contributed by atoms with E-state index in [1.54, 1.807) is 12.4 Å². The zero-order valence-electron chi connectivity index (χ0n) is 11.2. The van der Waals surface area contributed by atoms with Crippen molar-refractivity contribution in [3.63, 3.8) is 0 Å². The van der Waals surface area contributed by atoms with Crippen LogP contribution in [-0.2, 0) is 6.54 Å². The predicted molar refractivity (Wildman–Crippen MR) is 81.2 cm³/mol. The molecule has 5 nitrogen and oxygen atoms in total. The maximum absolute atomic E-state index is 12.1. The zero-order valence-corrected chi connectivity index (χ0v) is 11.2. The van der Waals surface area contributed by atoms with Gasteiger partial charge in [-0.25, -0.2) is 9.97 Å². The molecular formula is C16H12N4O. The van der Waals surface area contributed by atoms with E-state index in [-0.39, 0.29) is 5.56 Å². The summed E-state index contributed by atoms with van der Waals surface area (Å²) in [5, 5.41) is 0.608. The van der Waals surface area contributed by atoms with Crippen molar-refractivity contribution in [1.82, 2.24) is 19.5 Å². The predicted octanol–water partition coefficient (Wildman–Crippen LogP) is 2.32. The van der Waals surface area contributed by atoms with Crippen LogP contribution in [0.5, 0.6) is 0 Å². The number of para-hydroxylation sites is 3. The van der Waals surface area contributed by atoms with Crippen LogP contribution in [0.2, 0.25) is 0 Å². The summed E-state index contributed by atoms with van der Waals surface area (Å²) in [4.78, 5) is 23.8. The quantitative estimate of drug-likeness (QED) is 0.611. The molecule has 0 radical (unpaired) electrons. The average Bonchev–Trinajstić information content (AvgIpc) is 2.91. The van der Waals surface area contributed by atoms with Crippen molar-refractivity contribution in [1.29, 1.82) is 0 Å². The summed E-state index contributed by atoms with van der Waals surface area (Å²) in [5.41, 5.74) is 2.55. The van der Waals surface area contributed by atoms with Crippen molar-refractivity contribution < 1.29 is 0 Å². The molecule has 1 N–H and O–H groups in total. The molecular weight excluding hydrogens is 264 g/mol. The van der Waals surface area contributed by atoms with Crippen LogP contribution in [0.25, 0.3) is 21.9 Å².